The number of thiazole rings is 1. The maximum absolute atomic E-state index is 12.2. The standard InChI is InChI=1S/C14H21N3O2S/c18-14(13-10-20-11-15-13)17-3-1-12(2-4-17)9-16-5-7-19-8-6-16/h10-12H,1-9H2. The molecule has 0 N–H and O–H groups in total. The Morgan fingerprint density at radius 1 is 1.30 bits per heavy atom. The lowest BCUT2D eigenvalue weighted by atomic mass is 9.96. The first-order valence-corrected chi connectivity index (χ1v) is 8.25. The van der Waals surface area contributed by atoms with Crippen molar-refractivity contribution in [1.29, 1.82) is 0 Å². The van der Waals surface area contributed by atoms with E-state index in [0.717, 1.165) is 58.8 Å². The lowest BCUT2D eigenvalue weighted by Gasteiger charge is -2.35. The Morgan fingerprint density at radius 3 is 2.70 bits per heavy atom. The van der Waals surface area contributed by atoms with Gasteiger partial charge in [0.15, 0.2) is 0 Å². The van der Waals surface area contributed by atoms with Gasteiger partial charge in [-0.15, -0.1) is 11.3 Å². The zero-order chi connectivity index (χ0) is 13.8. The number of ether oxygens (including phenoxy) is 1. The molecule has 0 saturated carbocycles. The molecule has 6 heteroatoms. The van der Waals surface area contributed by atoms with Crippen LogP contribution in [-0.2, 0) is 4.74 Å². The first kappa shape index (κ1) is 14.0. The van der Waals surface area contributed by atoms with Crippen LogP contribution >= 0.6 is 11.3 Å². The molecule has 1 aromatic rings. The van der Waals surface area contributed by atoms with Gasteiger partial charge < -0.3 is 9.64 Å². The lowest BCUT2D eigenvalue weighted by Crippen LogP contribution is -2.44. The summed E-state index contributed by atoms with van der Waals surface area (Å²) in [6.07, 6.45) is 2.21. The van der Waals surface area contributed by atoms with Crippen LogP contribution < -0.4 is 0 Å². The fourth-order valence-corrected chi connectivity index (χ4v) is 3.47. The molecule has 2 saturated heterocycles. The van der Waals surface area contributed by atoms with Gasteiger partial charge in [0.05, 0.1) is 18.7 Å². The summed E-state index contributed by atoms with van der Waals surface area (Å²) in [6.45, 7) is 6.72. The maximum Gasteiger partial charge on any atom is 0.273 e. The number of piperidine rings is 1. The van der Waals surface area contributed by atoms with Gasteiger partial charge in [-0.2, -0.15) is 0 Å². The summed E-state index contributed by atoms with van der Waals surface area (Å²) in [5.74, 6) is 0.809. The number of carbonyl (C=O) groups excluding carboxylic acids is 1. The topological polar surface area (TPSA) is 45.7 Å². The van der Waals surface area contributed by atoms with Crippen molar-refractivity contribution < 1.29 is 9.53 Å². The summed E-state index contributed by atoms with van der Waals surface area (Å²) in [7, 11) is 0. The summed E-state index contributed by atoms with van der Waals surface area (Å²) in [4.78, 5) is 20.8. The van der Waals surface area contributed by atoms with E-state index in [0.29, 0.717) is 11.6 Å². The minimum Gasteiger partial charge on any atom is -0.379 e. The molecular formula is C14H21N3O2S. The molecule has 1 amide bonds. The summed E-state index contributed by atoms with van der Waals surface area (Å²) in [5, 5.41) is 1.84. The maximum atomic E-state index is 12.2. The van der Waals surface area contributed by atoms with Crippen LogP contribution in [0.3, 0.4) is 0 Å². The number of morpholine rings is 1. The van der Waals surface area contributed by atoms with Crippen molar-refractivity contribution in [2.75, 3.05) is 45.9 Å². The normalized spacial score (nSPS) is 22.1. The molecule has 0 unspecified atom stereocenters. The van der Waals surface area contributed by atoms with Crippen LogP contribution in [0, 0.1) is 5.92 Å². The van der Waals surface area contributed by atoms with E-state index < -0.39 is 0 Å². The SMILES string of the molecule is O=C(c1cscn1)N1CCC(CN2CCOCC2)CC1. The fourth-order valence-electron chi connectivity index (χ4n) is 2.95. The van der Waals surface area contributed by atoms with E-state index in [9.17, 15) is 4.79 Å². The molecule has 110 valence electrons. The number of nitrogens with zero attached hydrogens (tertiary/aromatic N) is 3. The average Bonchev–Trinajstić information content (AvgIpc) is 3.03. The van der Waals surface area contributed by atoms with Gasteiger partial charge in [0, 0.05) is 38.1 Å². The van der Waals surface area contributed by atoms with E-state index in [4.69, 9.17) is 4.74 Å². The highest BCUT2D eigenvalue weighted by molar-refractivity contribution is 7.07. The Kier molecular flexibility index (Phi) is 4.65. The third-order valence-corrected chi connectivity index (χ3v) is 4.76. The van der Waals surface area contributed by atoms with Gasteiger partial charge in [-0.05, 0) is 18.8 Å². The summed E-state index contributed by atoms with van der Waals surface area (Å²) >= 11 is 1.48. The second kappa shape index (κ2) is 6.65. The summed E-state index contributed by atoms with van der Waals surface area (Å²) in [5.41, 5.74) is 2.32. The van der Waals surface area contributed by atoms with Crippen molar-refractivity contribution in [3.8, 4) is 0 Å². The number of aromatic nitrogens is 1. The molecule has 0 aliphatic carbocycles. The number of likely N-dealkylation sites (tertiary alicyclic amines) is 1. The summed E-state index contributed by atoms with van der Waals surface area (Å²) < 4.78 is 5.38. The van der Waals surface area contributed by atoms with Gasteiger partial charge >= 0.3 is 0 Å². The number of hydrogen-bond donors (Lipinski definition) is 0. The van der Waals surface area contributed by atoms with E-state index >= 15 is 0 Å². The first-order valence-electron chi connectivity index (χ1n) is 7.30. The molecular weight excluding hydrogens is 274 g/mol. The number of rotatable bonds is 3. The lowest BCUT2D eigenvalue weighted by molar-refractivity contribution is 0.0242. The van der Waals surface area contributed by atoms with Crippen LogP contribution in [0.4, 0.5) is 0 Å². The third kappa shape index (κ3) is 3.37. The van der Waals surface area contributed by atoms with Crippen molar-refractivity contribution in [1.82, 2.24) is 14.8 Å². The third-order valence-electron chi connectivity index (χ3n) is 4.17. The van der Waals surface area contributed by atoms with Crippen molar-refractivity contribution >= 4 is 17.2 Å². The second-order valence-corrected chi connectivity index (χ2v) is 6.24. The highest BCUT2D eigenvalue weighted by Gasteiger charge is 2.26. The molecule has 0 spiro atoms. The highest BCUT2D eigenvalue weighted by atomic mass is 32.1. The Bertz CT molecular complexity index is 424. The van der Waals surface area contributed by atoms with Crippen LogP contribution in [0.15, 0.2) is 10.9 Å². The zero-order valence-electron chi connectivity index (χ0n) is 11.7. The molecule has 1 aromatic heterocycles. The van der Waals surface area contributed by atoms with Crippen molar-refractivity contribution in [2.45, 2.75) is 12.8 Å². The van der Waals surface area contributed by atoms with Crippen molar-refractivity contribution in [3.05, 3.63) is 16.6 Å². The number of carbonyl (C=O) groups is 1. The summed E-state index contributed by atoms with van der Waals surface area (Å²) in [6, 6.07) is 0. The number of amides is 1. The van der Waals surface area contributed by atoms with Crippen molar-refractivity contribution in [3.63, 3.8) is 0 Å². The minimum atomic E-state index is 0.0936. The van der Waals surface area contributed by atoms with Crippen molar-refractivity contribution in [2.24, 2.45) is 5.92 Å². The Labute approximate surface area is 123 Å². The second-order valence-electron chi connectivity index (χ2n) is 5.52. The van der Waals surface area contributed by atoms with Gasteiger partial charge in [0.1, 0.15) is 5.69 Å². The van der Waals surface area contributed by atoms with Gasteiger partial charge in [0.25, 0.3) is 5.91 Å². The molecule has 5 nitrogen and oxygen atoms in total. The smallest absolute Gasteiger partial charge is 0.273 e. The molecule has 2 fully saturated rings. The van der Waals surface area contributed by atoms with Crippen LogP contribution in [0.5, 0.6) is 0 Å². The predicted molar refractivity (Wildman–Crippen MR) is 78.0 cm³/mol. The minimum absolute atomic E-state index is 0.0936. The van der Waals surface area contributed by atoms with Gasteiger partial charge in [-0.3, -0.25) is 9.69 Å². The molecule has 0 aromatic carbocycles. The molecule has 20 heavy (non-hydrogen) atoms. The molecule has 3 heterocycles. The largest absolute Gasteiger partial charge is 0.379 e. The van der Waals surface area contributed by atoms with Gasteiger partial charge in [0.2, 0.25) is 0 Å². The van der Waals surface area contributed by atoms with Crippen LogP contribution in [0.1, 0.15) is 23.3 Å². The Hall–Kier alpha value is -0.980. The van der Waals surface area contributed by atoms with Crippen LogP contribution in [0.2, 0.25) is 0 Å². The van der Waals surface area contributed by atoms with E-state index in [1.807, 2.05) is 10.3 Å². The molecule has 0 radical (unpaired) electrons. The highest BCUT2D eigenvalue weighted by Crippen LogP contribution is 2.20. The van der Waals surface area contributed by atoms with Crippen LogP contribution in [-0.4, -0.2) is 66.6 Å². The Morgan fingerprint density at radius 2 is 2.05 bits per heavy atom. The predicted octanol–water partition coefficient (Wildman–Crippen LogP) is 1.33. The Balaban J connectivity index is 1.45. The van der Waals surface area contributed by atoms with E-state index in [1.54, 1.807) is 5.51 Å². The monoisotopic (exact) mass is 295 g/mol. The van der Waals surface area contributed by atoms with E-state index in [2.05, 4.69) is 9.88 Å². The molecule has 2 aliphatic rings. The average molecular weight is 295 g/mol. The molecule has 3 rings (SSSR count). The quantitative estimate of drug-likeness (QED) is 0.844. The van der Waals surface area contributed by atoms with E-state index in [1.165, 1.54) is 11.3 Å². The molecule has 0 atom stereocenters. The fraction of sp³-hybridized carbons (Fsp3) is 0.714. The molecule has 2 aliphatic heterocycles. The zero-order valence-corrected chi connectivity index (χ0v) is 12.5. The molecule has 0 bridgehead atoms. The number of hydrogen-bond acceptors (Lipinski definition) is 5. The van der Waals surface area contributed by atoms with Gasteiger partial charge in [-0.1, -0.05) is 0 Å². The van der Waals surface area contributed by atoms with Crippen LogP contribution in [0.25, 0.3) is 0 Å². The van der Waals surface area contributed by atoms with E-state index in [-0.39, 0.29) is 5.91 Å². The first-order chi connectivity index (χ1) is 9.83. The van der Waals surface area contributed by atoms with Gasteiger partial charge in [-0.25, -0.2) is 4.98 Å².